The van der Waals surface area contributed by atoms with E-state index in [4.69, 9.17) is 4.84 Å². The minimum Gasteiger partial charge on any atom is -0.324 e. The van der Waals surface area contributed by atoms with Gasteiger partial charge in [0, 0.05) is 7.05 Å². The topological polar surface area (TPSA) is 81.5 Å². The van der Waals surface area contributed by atoms with Gasteiger partial charge in [-0.25, -0.2) is 9.78 Å². The van der Waals surface area contributed by atoms with E-state index in [9.17, 15) is 27.6 Å². The minimum absolute atomic E-state index is 0.0772. The summed E-state index contributed by atoms with van der Waals surface area (Å²) < 4.78 is 39.8. The van der Waals surface area contributed by atoms with E-state index in [1.807, 2.05) is 0 Å². The van der Waals surface area contributed by atoms with Crippen LogP contribution in [0.1, 0.15) is 36.9 Å². The number of hydrogen-bond donors (Lipinski definition) is 0. The second-order valence-electron chi connectivity index (χ2n) is 6.02. The predicted octanol–water partition coefficient (Wildman–Crippen LogP) is 2.96. The number of halogens is 3. The molecule has 2 amide bonds. The van der Waals surface area contributed by atoms with Crippen LogP contribution in [-0.4, -0.2) is 32.4 Å². The number of carbonyl (C=O) groups excluding carboxylic acids is 3. The van der Waals surface area contributed by atoms with Crippen molar-refractivity contribution >= 4 is 28.8 Å². The molecule has 1 aromatic heterocycles. The monoisotopic (exact) mass is 389 g/mol. The average Bonchev–Trinajstić information content (AvgIpc) is 3.12. The smallest absolute Gasteiger partial charge is 0.324 e. The highest BCUT2D eigenvalue weighted by atomic mass is 19.4. The molecular weight excluding hydrogens is 379 g/mol. The zero-order valence-corrected chi connectivity index (χ0v) is 14.1. The van der Waals surface area contributed by atoms with E-state index in [0.717, 1.165) is 10.6 Å². The van der Waals surface area contributed by atoms with E-state index in [1.54, 1.807) is 12.1 Å². The van der Waals surface area contributed by atoms with Gasteiger partial charge >= 0.3 is 12.1 Å². The third kappa shape index (κ3) is 2.61. The molecule has 1 aliphatic heterocycles. The molecule has 0 N–H and O–H groups in total. The Morgan fingerprint density at radius 3 is 2.21 bits per heavy atom. The SMILES string of the molecule is Cn1c(C(F)(F)F)nc2cc(C(=O)ON3C(=O)c4ccccc4C3=O)ccc21. The maximum absolute atomic E-state index is 13.0. The first-order valence-electron chi connectivity index (χ1n) is 7.92. The largest absolute Gasteiger partial charge is 0.449 e. The molecule has 2 aromatic carbocycles. The molecule has 1 aliphatic rings. The van der Waals surface area contributed by atoms with Crippen molar-refractivity contribution in [3.05, 3.63) is 65.0 Å². The average molecular weight is 389 g/mol. The van der Waals surface area contributed by atoms with Crippen molar-refractivity contribution in [3.63, 3.8) is 0 Å². The fourth-order valence-corrected chi connectivity index (χ4v) is 2.97. The van der Waals surface area contributed by atoms with E-state index in [0.29, 0.717) is 5.06 Å². The van der Waals surface area contributed by atoms with Gasteiger partial charge in [-0.1, -0.05) is 17.2 Å². The van der Waals surface area contributed by atoms with Gasteiger partial charge in [-0.05, 0) is 30.3 Å². The number of aryl methyl sites for hydroxylation is 1. The summed E-state index contributed by atoms with van der Waals surface area (Å²) in [6.45, 7) is 0. The van der Waals surface area contributed by atoms with Crippen LogP contribution in [0.5, 0.6) is 0 Å². The Morgan fingerprint density at radius 2 is 1.64 bits per heavy atom. The molecule has 0 aliphatic carbocycles. The van der Waals surface area contributed by atoms with E-state index >= 15 is 0 Å². The third-order valence-electron chi connectivity index (χ3n) is 4.30. The summed E-state index contributed by atoms with van der Waals surface area (Å²) >= 11 is 0. The fraction of sp³-hybridized carbons (Fsp3) is 0.111. The van der Waals surface area contributed by atoms with Gasteiger partial charge in [0.2, 0.25) is 5.82 Å². The Kier molecular flexibility index (Phi) is 3.74. The number of hydroxylamine groups is 2. The summed E-state index contributed by atoms with van der Waals surface area (Å²) in [5, 5.41) is 0.330. The summed E-state index contributed by atoms with van der Waals surface area (Å²) in [5.41, 5.74) is 0.109. The minimum atomic E-state index is -4.66. The quantitative estimate of drug-likeness (QED) is 0.630. The Labute approximate surface area is 154 Å². The molecular formula is C18H10F3N3O4. The Morgan fingerprint density at radius 1 is 1.04 bits per heavy atom. The van der Waals surface area contributed by atoms with Gasteiger partial charge in [-0.3, -0.25) is 9.59 Å². The predicted molar refractivity (Wildman–Crippen MR) is 88.1 cm³/mol. The highest BCUT2D eigenvalue weighted by molar-refractivity contribution is 6.21. The van der Waals surface area contributed by atoms with E-state index in [1.165, 1.54) is 31.3 Å². The molecule has 7 nitrogen and oxygen atoms in total. The van der Waals surface area contributed by atoms with Gasteiger partial charge in [0.15, 0.2) is 0 Å². The van der Waals surface area contributed by atoms with Gasteiger partial charge in [0.1, 0.15) is 0 Å². The van der Waals surface area contributed by atoms with Gasteiger partial charge < -0.3 is 9.40 Å². The van der Waals surface area contributed by atoms with Crippen LogP contribution in [0.4, 0.5) is 13.2 Å². The summed E-state index contributed by atoms with van der Waals surface area (Å²) in [6, 6.07) is 9.56. The number of fused-ring (bicyclic) bond motifs is 2. The van der Waals surface area contributed by atoms with Crippen molar-refractivity contribution in [1.82, 2.24) is 14.6 Å². The Balaban J connectivity index is 1.63. The molecule has 0 bridgehead atoms. The number of hydrogen-bond acceptors (Lipinski definition) is 5. The summed E-state index contributed by atoms with van der Waals surface area (Å²) in [4.78, 5) is 45.2. The van der Waals surface area contributed by atoms with Crippen LogP contribution in [0, 0.1) is 0 Å². The molecule has 3 aromatic rings. The first-order chi connectivity index (χ1) is 13.2. The number of rotatable bonds is 2. The third-order valence-corrected chi connectivity index (χ3v) is 4.30. The Hall–Kier alpha value is -3.69. The number of imide groups is 1. The van der Waals surface area contributed by atoms with Crippen molar-refractivity contribution in [2.24, 2.45) is 7.05 Å². The zero-order chi connectivity index (χ0) is 20.2. The molecule has 142 valence electrons. The molecule has 0 spiro atoms. The summed E-state index contributed by atoms with van der Waals surface area (Å²) in [6.07, 6.45) is -4.66. The molecule has 0 saturated carbocycles. The lowest BCUT2D eigenvalue weighted by Crippen LogP contribution is -2.32. The van der Waals surface area contributed by atoms with Crippen molar-refractivity contribution in [1.29, 1.82) is 0 Å². The number of carbonyl (C=O) groups is 3. The highest BCUT2D eigenvalue weighted by Crippen LogP contribution is 2.31. The first kappa shape index (κ1) is 17.7. The molecule has 0 saturated heterocycles. The highest BCUT2D eigenvalue weighted by Gasteiger charge is 2.39. The van der Waals surface area contributed by atoms with E-state index in [2.05, 4.69) is 4.98 Å². The maximum atomic E-state index is 13.0. The second-order valence-corrected chi connectivity index (χ2v) is 6.02. The van der Waals surface area contributed by atoms with Crippen LogP contribution in [0.15, 0.2) is 42.5 Å². The lowest BCUT2D eigenvalue weighted by Gasteiger charge is -2.12. The number of imidazole rings is 1. The molecule has 0 radical (unpaired) electrons. The van der Waals surface area contributed by atoms with E-state index < -0.39 is 29.8 Å². The van der Waals surface area contributed by atoms with Crippen molar-refractivity contribution in [2.75, 3.05) is 0 Å². The zero-order valence-electron chi connectivity index (χ0n) is 14.1. The van der Waals surface area contributed by atoms with Crippen molar-refractivity contribution in [2.45, 2.75) is 6.18 Å². The van der Waals surface area contributed by atoms with Crippen molar-refractivity contribution in [3.8, 4) is 0 Å². The molecule has 28 heavy (non-hydrogen) atoms. The second kappa shape index (κ2) is 5.91. The van der Waals surface area contributed by atoms with Crippen LogP contribution < -0.4 is 0 Å². The number of amides is 2. The fourth-order valence-electron chi connectivity index (χ4n) is 2.97. The Bertz CT molecular complexity index is 1130. The molecule has 0 unspecified atom stereocenters. The molecule has 0 fully saturated rings. The van der Waals surface area contributed by atoms with E-state index in [-0.39, 0.29) is 27.7 Å². The van der Waals surface area contributed by atoms with Gasteiger partial charge in [0.05, 0.1) is 27.7 Å². The van der Waals surface area contributed by atoms with Crippen LogP contribution in [0.2, 0.25) is 0 Å². The van der Waals surface area contributed by atoms with Crippen molar-refractivity contribution < 1.29 is 32.4 Å². The summed E-state index contributed by atoms with van der Waals surface area (Å²) in [5.74, 6) is -3.79. The van der Waals surface area contributed by atoms with Gasteiger partial charge in [0.25, 0.3) is 11.8 Å². The molecule has 10 heteroatoms. The number of nitrogens with zero attached hydrogens (tertiary/aromatic N) is 3. The lowest BCUT2D eigenvalue weighted by atomic mass is 10.1. The van der Waals surface area contributed by atoms with Crippen LogP contribution >= 0.6 is 0 Å². The number of benzene rings is 2. The number of aromatic nitrogens is 2. The van der Waals surface area contributed by atoms with Gasteiger partial charge in [-0.15, -0.1) is 0 Å². The molecule has 2 heterocycles. The van der Waals surface area contributed by atoms with Gasteiger partial charge in [-0.2, -0.15) is 13.2 Å². The molecule has 4 rings (SSSR count). The first-order valence-corrected chi connectivity index (χ1v) is 7.92. The van der Waals surface area contributed by atoms with Crippen LogP contribution in [0.25, 0.3) is 11.0 Å². The maximum Gasteiger partial charge on any atom is 0.449 e. The molecule has 0 atom stereocenters. The normalized spacial score (nSPS) is 13.9. The number of alkyl halides is 3. The lowest BCUT2D eigenvalue weighted by molar-refractivity contribution is -0.146. The standard InChI is InChI=1S/C18H10F3N3O4/c1-23-13-7-6-9(8-12(13)22-17(23)18(19,20)21)16(27)28-24-14(25)10-4-2-3-5-11(10)15(24)26/h2-8H,1H3. The van der Waals surface area contributed by atoms with Crippen LogP contribution in [-0.2, 0) is 18.1 Å². The summed E-state index contributed by atoms with van der Waals surface area (Å²) in [7, 11) is 1.20. The van der Waals surface area contributed by atoms with Crippen LogP contribution in [0.3, 0.4) is 0 Å².